The van der Waals surface area contributed by atoms with Crippen LogP contribution in [0, 0.1) is 5.92 Å². The normalized spacial score (nSPS) is 10.4. The summed E-state index contributed by atoms with van der Waals surface area (Å²) in [7, 11) is 0. The molecule has 0 saturated heterocycles. The van der Waals surface area contributed by atoms with Gasteiger partial charge in [0.25, 0.3) is 0 Å². The van der Waals surface area contributed by atoms with E-state index < -0.39 is 0 Å². The van der Waals surface area contributed by atoms with Crippen LogP contribution in [-0.2, 0) is 4.79 Å². The van der Waals surface area contributed by atoms with E-state index in [1.54, 1.807) is 32.0 Å². The lowest BCUT2D eigenvalue weighted by Gasteiger charge is -2.12. The van der Waals surface area contributed by atoms with E-state index in [0.717, 1.165) is 0 Å². The summed E-state index contributed by atoms with van der Waals surface area (Å²) in [4.78, 5) is 23.9. The zero-order valence-corrected chi connectivity index (χ0v) is 12.6. The van der Waals surface area contributed by atoms with Gasteiger partial charge in [-0.05, 0) is 26.0 Å². The first-order chi connectivity index (χ1) is 9.49. The molecule has 0 saturated carbocycles. The Morgan fingerprint density at radius 2 is 1.75 bits per heavy atom. The molecular formula is C16H22O4. The van der Waals surface area contributed by atoms with Crippen LogP contribution in [0.25, 0.3) is 0 Å². The van der Waals surface area contributed by atoms with E-state index >= 15 is 0 Å². The lowest BCUT2D eigenvalue weighted by atomic mass is 9.99. The number of ether oxygens (including phenoxy) is 2. The van der Waals surface area contributed by atoms with Gasteiger partial charge < -0.3 is 9.47 Å². The Labute approximate surface area is 120 Å². The highest BCUT2D eigenvalue weighted by Gasteiger charge is 2.18. The SMILES string of the molecule is CCOc1ccc(C(=O)CC(=O)C(C)C)c(OCC)c1. The molecule has 0 aliphatic rings. The maximum atomic E-state index is 12.2. The molecule has 1 aromatic rings. The summed E-state index contributed by atoms with van der Waals surface area (Å²) in [5.74, 6) is 0.710. The minimum absolute atomic E-state index is 0.0636. The molecule has 1 aromatic carbocycles. The predicted octanol–water partition coefficient (Wildman–Crippen LogP) is 3.28. The molecule has 0 spiro atoms. The Bertz CT molecular complexity index is 477. The molecule has 4 heteroatoms. The zero-order chi connectivity index (χ0) is 15.1. The van der Waals surface area contributed by atoms with E-state index in [1.807, 2.05) is 13.8 Å². The molecule has 0 aliphatic carbocycles. The summed E-state index contributed by atoms with van der Waals surface area (Å²) in [5, 5.41) is 0. The van der Waals surface area contributed by atoms with Gasteiger partial charge in [0.2, 0.25) is 0 Å². The number of carbonyl (C=O) groups is 2. The Morgan fingerprint density at radius 3 is 2.30 bits per heavy atom. The fraction of sp³-hybridized carbons (Fsp3) is 0.500. The second-order valence-electron chi connectivity index (χ2n) is 4.74. The van der Waals surface area contributed by atoms with Crippen LogP contribution in [0.1, 0.15) is 44.5 Å². The van der Waals surface area contributed by atoms with Crippen molar-refractivity contribution in [2.24, 2.45) is 5.92 Å². The molecule has 0 amide bonds. The van der Waals surface area contributed by atoms with E-state index in [-0.39, 0.29) is 23.9 Å². The molecule has 0 atom stereocenters. The van der Waals surface area contributed by atoms with Crippen LogP contribution in [0.4, 0.5) is 0 Å². The number of hydrogen-bond donors (Lipinski definition) is 0. The lowest BCUT2D eigenvalue weighted by molar-refractivity contribution is -0.121. The highest BCUT2D eigenvalue weighted by atomic mass is 16.5. The van der Waals surface area contributed by atoms with Crippen LogP contribution in [0.2, 0.25) is 0 Å². The zero-order valence-electron chi connectivity index (χ0n) is 12.6. The maximum absolute atomic E-state index is 12.2. The minimum Gasteiger partial charge on any atom is -0.494 e. The molecule has 0 N–H and O–H groups in total. The summed E-state index contributed by atoms with van der Waals surface area (Å²) in [6, 6.07) is 5.07. The largest absolute Gasteiger partial charge is 0.494 e. The minimum atomic E-state index is -0.213. The molecule has 20 heavy (non-hydrogen) atoms. The second kappa shape index (κ2) is 7.68. The molecule has 0 fully saturated rings. The average Bonchev–Trinajstić information content (AvgIpc) is 2.39. The molecule has 0 aromatic heterocycles. The van der Waals surface area contributed by atoms with Crippen molar-refractivity contribution in [3.63, 3.8) is 0 Å². The van der Waals surface area contributed by atoms with Gasteiger partial charge in [-0.2, -0.15) is 0 Å². The van der Waals surface area contributed by atoms with Crippen LogP contribution in [0.15, 0.2) is 18.2 Å². The highest BCUT2D eigenvalue weighted by Crippen LogP contribution is 2.26. The molecule has 1 rings (SSSR count). The maximum Gasteiger partial charge on any atom is 0.173 e. The number of hydrogen-bond acceptors (Lipinski definition) is 4. The fourth-order valence-corrected chi connectivity index (χ4v) is 1.72. The van der Waals surface area contributed by atoms with Crippen molar-refractivity contribution in [3.05, 3.63) is 23.8 Å². The van der Waals surface area contributed by atoms with Gasteiger partial charge in [0.1, 0.15) is 17.3 Å². The molecule has 0 heterocycles. The standard InChI is InChI=1S/C16H22O4/c1-5-19-12-7-8-13(16(9-12)20-6-2)15(18)10-14(17)11(3)4/h7-9,11H,5-6,10H2,1-4H3. The number of ketones is 2. The third kappa shape index (κ3) is 4.37. The predicted molar refractivity (Wildman–Crippen MR) is 77.6 cm³/mol. The van der Waals surface area contributed by atoms with Gasteiger partial charge in [-0.15, -0.1) is 0 Å². The van der Waals surface area contributed by atoms with Crippen LogP contribution >= 0.6 is 0 Å². The number of carbonyl (C=O) groups excluding carboxylic acids is 2. The fourth-order valence-electron chi connectivity index (χ4n) is 1.72. The van der Waals surface area contributed by atoms with Crippen molar-refractivity contribution in [1.82, 2.24) is 0 Å². The quantitative estimate of drug-likeness (QED) is 0.541. The average molecular weight is 278 g/mol. The first-order valence-corrected chi connectivity index (χ1v) is 6.95. The van der Waals surface area contributed by atoms with Crippen molar-refractivity contribution in [1.29, 1.82) is 0 Å². The molecule has 0 unspecified atom stereocenters. The molecule has 0 aliphatic heterocycles. The van der Waals surface area contributed by atoms with Crippen LogP contribution in [-0.4, -0.2) is 24.8 Å². The Kier molecular flexibility index (Phi) is 6.22. The third-order valence-corrected chi connectivity index (χ3v) is 2.84. The monoisotopic (exact) mass is 278 g/mol. The number of rotatable bonds is 8. The summed E-state index contributed by atoms with van der Waals surface area (Å²) in [6.07, 6.45) is -0.0915. The summed E-state index contributed by atoms with van der Waals surface area (Å²) >= 11 is 0. The van der Waals surface area contributed by atoms with Gasteiger partial charge >= 0.3 is 0 Å². The summed E-state index contributed by atoms with van der Waals surface area (Å²) in [5.41, 5.74) is 0.435. The number of benzene rings is 1. The van der Waals surface area contributed by atoms with Crippen molar-refractivity contribution >= 4 is 11.6 Å². The Morgan fingerprint density at radius 1 is 1.10 bits per heavy atom. The van der Waals surface area contributed by atoms with E-state index in [0.29, 0.717) is 30.3 Å². The third-order valence-electron chi connectivity index (χ3n) is 2.84. The first kappa shape index (κ1) is 16.2. The Balaban J connectivity index is 2.97. The smallest absolute Gasteiger partial charge is 0.173 e. The van der Waals surface area contributed by atoms with Gasteiger partial charge in [0.15, 0.2) is 5.78 Å². The van der Waals surface area contributed by atoms with Gasteiger partial charge in [0, 0.05) is 12.0 Å². The molecule has 4 nitrogen and oxygen atoms in total. The van der Waals surface area contributed by atoms with Crippen molar-refractivity contribution < 1.29 is 19.1 Å². The van der Waals surface area contributed by atoms with E-state index in [9.17, 15) is 9.59 Å². The van der Waals surface area contributed by atoms with Gasteiger partial charge in [-0.25, -0.2) is 0 Å². The Hall–Kier alpha value is -1.84. The van der Waals surface area contributed by atoms with Gasteiger partial charge in [0.05, 0.1) is 25.2 Å². The first-order valence-electron chi connectivity index (χ1n) is 6.95. The van der Waals surface area contributed by atoms with E-state index in [1.165, 1.54) is 0 Å². The molecule has 0 bridgehead atoms. The van der Waals surface area contributed by atoms with Crippen LogP contribution in [0.5, 0.6) is 11.5 Å². The molecule has 110 valence electrons. The van der Waals surface area contributed by atoms with Gasteiger partial charge in [-0.3, -0.25) is 9.59 Å². The van der Waals surface area contributed by atoms with Crippen LogP contribution < -0.4 is 9.47 Å². The van der Waals surface area contributed by atoms with E-state index in [2.05, 4.69) is 0 Å². The highest BCUT2D eigenvalue weighted by molar-refractivity contribution is 6.09. The van der Waals surface area contributed by atoms with Crippen molar-refractivity contribution in [3.8, 4) is 11.5 Å². The van der Waals surface area contributed by atoms with Crippen LogP contribution in [0.3, 0.4) is 0 Å². The van der Waals surface area contributed by atoms with E-state index in [4.69, 9.17) is 9.47 Å². The van der Waals surface area contributed by atoms with Gasteiger partial charge in [-0.1, -0.05) is 13.8 Å². The van der Waals surface area contributed by atoms with Crippen molar-refractivity contribution in [2.45, 2.75) is 34.1 Å². The summed E-state index contributed by atoms with van der Waals surface area (Å²) < 4.78 is 10.9. The lowest BCUT2D eigenvalue weighted by Crippen LogP contribution is -2.14. The number of Topliss-reactive ketones (excluding diaryl/α,β-unsaturated/α-hetero) is 2. The molecular weight excluding hydrogens is 256 g/mol. The van der Waals surface area contributed by atoms with Crippen molar-refractivity contribution in [2.75, 3.05) is 13.2 Å². The topological polar surface area (TPSA) is 52.6 Å². The molecule has 0 radical (unpaired) electrons. The second-order valence-corrected chi connectivity index (χ2v) is 4.74. The summed E-state index contributed by atoms with van der Waals surface area (Å²) in [6.45, 7) is 8.31.